The van der Waals surface area contributed by atoms with Crippen molar-refractivity contribution in [2.45, 2.75) is 56.7 Å². The van der Waals surface area contributed by atoms with E-state index in [0.717, 1.165) is 12.8 Å². The highest BCUT2D eigenvalue weighted by Crippen LogP contribution is 2.52. The molecule has 4 fully saturated rings. The second kappa shape index (κ2) is 5.59. The van der Waals surface area contributed by atoms with Crippen molar-refractivity contribution in [2.75, 3.05) is 0 Å². The second-order valence-electron chi connectivity index (χ2n) is 6.56. The van der Waals surface area contributed by atoms with Gasteiger partial charge in [0.1, 0.15) is 12.2 Å². The SMILES string of the molecule is C=C(C)C(=O)OC(C)C(=O)OC1C2CCC3C1OS(=O)(=O)C3C2. The summed E-state index contributed by atoms with van der Waals surface area (Å²) in [6.07, 6.45) is -0.233. The third kappa shape index (κ3) is 2.78. The van der Waals surface area contributed by atoms with E-state index in [4.69, 9.17) is 13.7 Å². The second-order valence-corrected chi connectivity index (χ2v) is 8.34. The van der Waals surface area contributed by atoms with Crippen molar-refractivity contribution >= 4 is 22.1 Å². The molecule has 6 atom stereocenters. The molecule has 1 aliphatic heterocycles. The molecule has 4 rings (SSSR count). The van der Waals surface area contributed by atoms with Crippen LogP contribution in [0.5, 0.6) is 0 Å². The van der Waals surface area contributed by atoms with Gasteiger partial charge in [-0.05, 0) is 39.0 Å². The third-order valence-electron chi connectivity index (χ3n) is 4.93. The van der Waals surface area contributed by atoms with Crippen molar-refractivity contribution in [3.05, 3.63) is 12.2 Å². The molecule has 1 saturated heterocycles. The lowest BCUT2D eigenvalue weighted by Gasteiger charge is -2.43. The van der Waals surface area contributed by atoms with E-state index in [-0.39, 0.29) is 17.4 Å². The van der Waals surface area contributed by atoms with E-state index in [1.165, 1.54) is 13.8 Å². The zero-order chi connectivity index (χ0) is 16.9. The summed E-state index contributed by atoms with van der Waals surface area (Å²) >= 11 is 0. The first kappa shape index (κ1) is 16.4. The van der Waals surface area contributed by atoms with Crippen LogP contribution in [-0.2, 0) is 33.4 Å². The molecule has 8 heteroatoms. The molecule has 1 heterocycles. The first-order valence-corrected chi connectivity index (χ1v) is 9.17. The maximum absolute atomic E-state index is 12.1. The molecule has 3 saturated carbocycles. The van der Waals surface area contributed by atoms with Gasteiger partial charge in [0.25, 0.3) is 10.1 Å². The molecule has 23 heavy (non-hydrogen) atoms. The Hall–Kier alpha value is -1.41. The summed E-state index contributed by atoms with van der Waals surface area (Å²) in [6.45, 7) is 6.35. The number of esters is 2. The molecule has 6 unspecified atom stereocenters. The van der Waals surface area contributed by atoms with E-state index >= 15 is 0 Å². The van der Waals surface area contributed by atoms with E-state index in [1.54, 1.807) is 0 Å². The van der Waals surface area contributed by atoms with Gasteiger partial charge in [-0.1, -0.05) is 6.58 Å². The van der Waals surface area contributed by atoms with Gasteiger partial charge in [0.05, 0.1) is 5.25 Å². The number of hydrogen-bond donors (Lipinski definition) is 0. The number of fused-ring (bicyclic) bond motifs is 1. The lowest BCUT2D eigenvalue weighted by Crippen LogP contribution is -2.52. The first-order chi connectivity index (χ1) is 10.7. The fraction of sp³-hybridized carbons (Fsp3) is 0.733. The minimum absolute atomic E-state index is 0.0275. The highest BCUT2D eigenvalue weighted by molar-refractivity contribution is 7.87. The van der Waals surface area contributed by atoms with E-state index in [0.29, 0.717) is 6.42 Å². The number of ether oxygens (including phenoxy) is 2. The highest BCUT2D eigenvalue weighted by Gasteiger charge is 2.61. The quantitative estimate of drug-likeness (QED) is 0.425. The Kier molecular flexibility index (Phi) is 4.00. The van der Waals surface area contributed by atoms with E-state index in [9.17, 15) is 18.0 Å². The Morgan fingerprint density at radius 1 is 1.30 bits per heavy atom. The Labute approximate surface area is 135 Å². The molecule has 7 nitrogen and oxygen atoms in total. The van der Waals surface area contributed by atoms with Crippen molar-refractivity contribution in [1.29, 1.82) is 0 Å². The molecule has 0 aromatic heterocycles. The van der Waals surface area contributed by atoms with Gasteiger partial charge in [-0.15, -0.1) is 0 Å². The smallest absolute Gasteiger partial charge is 0.347 e. The van der Waals surface area contributed by atoms with Gasteiger partial charge >= 0.3 is 11.9 Å². The number of carbonyl (C=O) groups excluding carboxylic acids is 2. The zero-order valence-electron chi connectivity index (χ0n) is 13.1. The largest absolute Gasteiger partial charge is 0.457 e. The Morgan fingerprint density at radius 3 is 2.65 bits per heavy atom. The van der Waals surface area contributed by atoms with E-state index < -0.39 is 45.6 Å². The molecule has 4 bridgehead atoms. The molecule has 0 aromatic rings. The van der Waals surface area contributed by atoms with Crippen molar-refractivity contribution < 1.29 is 31.7 Å². The van der Waals surface area contributed by atoms with Gasteiger partial charge < -0.3 is 9.47 Å². The van der Waals surface area contributed by atoms with E-state index in [2.05, 4.69) is 6.58 Å². The van der Waals surface area contributed by atoms with Crippen LogP contribution >= 0.6 is 0 Å². The third-order valence-corrected chi connectivity index (χ3v) is 6.70. The van der Waals surface area contributed by atoms with Crippen LogP contribution in [0.2, 0.25) is 0 Å². The maximum Gasteiger partial charge on any atom is 0.347 e. The fourth-order valence-corrected chi connectivity index (χ4v) is 5.66. The van der Waals surface area contributed by atoms with Crippen LogP contribution in [-0.4, -0.2) is 43.9 Å². The minimum Gasteiger partial charge on any atom is -0.457 e. The molecule has 0 radical (unpaired) electrons. The molecule has 0 aromatic carbocycles. The van der Waals surface area contributed by atoms with Gasteiger partial charge in [-0.3, -0.25) is 4.18 Å². The topological polar surface area (TPSA) is 96.0 Å². The number of carbonyl (C=O) groups is 2. The summed E-state index contributed by atoms with van der Waals surface area (Å²) in [4.78, 5) is 23.6. The lowest BCUT2D eigenvalue weighted by atomic mass is 9.67. The molecule has 0 N–H and O–H groups in total. The van der Waals surface area contributed by atoms with Crippen LogP contribution in [0.4, 0.5) is 0 Å². The average Bonchev–Trinajstić information content (AvgIpc) is 2.70. The van der Waals surface area contributed by atoms with Crippen molar-refractivity contribution in [2.24, 2.45) is 11.8 Å². The van der Waals surface area contributed by atoms with Crippen molar-refractivity contribution in [1.82, 2.24) is 0 Å². The van der Waals surface area contributed by atoms with Crippen LogP contribution in [0.15, 0.2) is 12.2 Å². The van der Waals surface area contributed by atoms with Crippen LogP contribution < -0.4 is 0 Å². The van der Waals surface area contributed by atoms with Gasteiger partial charge in [0.2, 0.25) is 0 Å². The summed E-state index contributed by atoms with van der Waals surface area (Å²) in [6, 6.07) is 0. The summed E-state index contributed by atoms with van der Waals surface area (Å²) in [5.41, 5.74) is 0.189. The average molecular weight is 344 g/mol. The van der Waals surface area contributed by atoms with E-state index in [1.807, 2.05) is 0 Å². The van der Waals surface area contributed by atoms with Crippen molar-refractivity contribution in [3.8, 4) is 0 Å². The Morgan fingerprint density at radius 2 is 2.00 bits per heavy atom. The number of hydrogen-bond acceptors (Lipinski definition) is 7. The van der Waals surface area contributed by atoms with Gasteiger partial charge in [-0.2, -0.15) is 8.42 Å². The predicted molar refractivity (Wildman–Crippen MR) is 78.7 cm³/mol. The molecule has 128 valence electrons. The standard InChI is InChI=1S/C15H20O7S/c1-7(2)14(16)20-8(3)15(17)21-12-9-4-5-10-11(6-9)23(18,19)22-13(10)12/h8-13H,1,4-6H2,2-3H3. The normalized spacial score (nSPS) is 37.9. The maximum atomic E-state index is 12.1. The first-order valence-electron chi connectivity index (χ1n) is 7.70. The molecular weight excluding hydrogens is 324 g/mol. The molecular formula is C15H20O7S. The molecule has 3 aliphatic carbocycles. The van der Waals surface area contributed by atoms with Crippen LogP contribution in [0.1, 0.15) is 33.1 Å². The molecule has 4 aliphatic rings. The lowest BCUT2D eigenvalue weighted by molar-refractivity contribution is -0.181. The molecule has 0 amide bonds. The Bertz CT molecular complexity index is 653. The highest BCUT2D eigenvalue weighted by atomic mass is 32.2. The van der Waals surface area contributed by atoms with Crippen LogP contribution in [0.25, 0.3) is 0 Å². The zero-order valence-corrected chi connectivity index (χ0v) is 13.9. The van der Waals surface area contributed by atoms with Crippen LogP contribution in [0, 0.1) is 11.8 Å². The number of rotatable bonds is 4. The monoisotopic (exact) mass is 344 g/mol. The van der Waals surface area contributed by atoms with Crippen molar-refractivity contribution in [3.63, 3.8) is 0 Å². The molecule has 0 spiro atoms. The minimum atomic E-state index is -3.56. The van der Waals surface area contributed by atoms with Gasteiger partial charge in [0, 0.05) is 11.5 Å². The fourth-order valence-electron chi connectivity index (χ4n) is 3.76. The van der Waals surface area contributed by atoms with Crippen LogP contribution in [0.3, 0.4) is 0 Å². The summed E-state index contributed by atoms with van der Waals surface area (Å²) < 4.78 is 39.5. The van der Waals surface area contributed by atoms with Gasteiger partial charge in [0.15, 0.2) is 6.10 Å². The summed E-state index contributed by atoms with van der Waals surface area (Å²) in [7, 11) is -3.56. The Balaban J connectivity index is 1.68. The summed E-state index contributed by atoms with van der Waals surface area (Å²) in [5.74, 6) is -1.50. The van der Waals surface area contributed by atoms with Gasteiger partial charge in [-0.25, -0.2) is 9.59 Å². The predicted octanol–water partition coefficient (Wildman–Crippen LogP) is 0.933. The summed E-state index contributed by atoms with van der Waals surface area (Å²) in [5, 5.41) is -0.472.